The molecule has 344 valence electrons. The van der Waals surface area contributed by atoms with Crippen molar-refractivity contribution in [3.63, 3.8) is 0 Å². The fourth-order valence-electron chi connectivity index (χ4n) is 7.73. The van der Waals surface area contributed by atoms with E-state index in [1.165, 1.54) is 0 Å². The zero-order chi connectivity index (χ0) is 46.1. The number of nitrogens with one attached hydrogen (secondary N) is 7. The molecule has 0 bridgehead atoms. The molecule has 0 radical (unpaired) electrons. The molecule has 1 aliphatic heterocycles. The standard InChI is InChI=1S/C48H63N7O9/c1-48(2,3)64-47(63)54-36-23-13-15-27-50-41(58)25-24-40(57)49-26-14-12-22-35(44(60)55-42-34-21-11-10-20-33(34)30-39(42)56)51-45(61)37(28-31-16-6-4-7-17-31)53-46(62)38(52-43(36)59)29-32-18-8-5-9-19-32/h4-11,16-21,35-39,42,56H,12-15,22-30H2,1-3H3,(H,49,57)(H,50,58)(H,51,61)(H,52,59)(H,53,62)(H,54,63)(H,55,60)/t35-,36-,37-,38-,39+,42-/m0/s1. The Kier molecular flexibility index (Phi) is 18.2. The summed E-state index contributed by atoms with van der Waals surface area (Å²) in [5.74, 6) is -3.15. The highest BCUT2D eigenvalue weighted by Gasteiger charge is 2.36. The molecule has 1 saturated heterocycles. The highest BCUT2D eigenvalue weighted by atomic mass is 16.6. The van der Waals surface area contributed by atoms with Gasteiger partial charge < -0.3 is 47.1 Å². The van der Waals surface area contributed by atoms with E-state index in [-0.39, 0.29) is 63.4 Å². The molecular formula is C48H63N7O9. The number of carbonyl (C=O) groups is 7. The van der Waals surface area contributed by atoms with Gasteiger partial charge in [-0.1, -0.05) is 84.9 Å². The number of ether oxygens (including phenoxy) is 1. The van der Waals surface area contributed by atoms with Crippen LogP contribution in [0.5, 0.6) is 0 Å². The van der Waals surface area contributed by atoms with Crippen LogP contribution in [0.4, 0.5) is 4.79 Å². The molecule has 1 aliphatic carbocycles. The van der Waals surface area contributed by atoms with E-state index >= 15 is 0 Å². The smallest absolute Gasteiger partial charge is 0.408 e. The van der Waals surface area contributed by atoms with Gasteiger partial charge in [-0.25, -0.2) is 4.79 Å². The Morgan fingerprint density at radius 3 is 1.75 bits per heavy atom. The summed E-state index contributed by atoms with van der Waals surface area (Å²) in [6, 6.07) is 20.1. The Morgan fingerprint density at radius 1 is 0.656 bits per heavy atom. The minimum absolute atomic E-state index is 0.0289. The van der Waals surface area contributed by atoms with Crippen molar-refractivity contribution >= 4 is 41.5 Å². The number of alkyl carbamates (subject to hydrolysis) is 1. The molecule has 0 saturated carbocycles. The van der Waals surface area contributed by atoms with E-state index in [2.05, 4.69) is 37.2 Å². The average molecular weight is 882 g/mol. The summed E-state index contributed by atoms with van der Waals surface area (Å²) in [6.07, 6.45) is 0.655. The summed E-state index contributed by atoms with van der Waals surface area (Å²) in [7, 11) is 0. The molecule has 1 heterocycles. The topological polar surface area (TPSA) is 233 Å². The summed E-state index contributed by atoms with van der Waals surface area (Å²) < 4.78 is 5.46. The Balaban J connectivity index is 1.44. The Bertz CT molecular complexity index is 2060. The van der Waals surface area contributed by atoms with Crippen LogP contribution >= 0.6 is 0 Å². The maximum absolute atomic E-state index is 14.5. The zero-order valence-corrected chi connectivity index (χ0v) is 37.0. The monoisotopic (exact) mass is 881 g/mol. The van der Waals surface area contributed by atoms with E-state index < -0.39 is 71.6 Å². The number of carbonyl (C=O) groups excluding carboxylic acids is 7. The van der Waals surface area contributed by atoms with Crippen LogP contribution in [0.25, 0.3) is 0 Å². The van der Waals surface area contributed by atoms with Gasteiger partial charge in [-0.3, -0.25) is 28.8 Å². The lowest BCUT2D eigenvalue weighted by atomic mass is 10.0. The van der Waals surface area contributed by atoms with Gasteiger partial charge in [-0.2, -0.15) is 0 Å². The molecular weight excluding hydrogens is 819 g/mol. The van der Waals surface area contributed by atoms with Crippen LogP contribution < -0.4 is 37.2 Å². The summed E-state index contributed by atoms with van der Waals surface area (Å²) in [4.78, 5) is 95.4. The second kappa shape index (κ2) is 24.0. The molecule has 0 unspecified atom stereocenters. The largest absolute Gasteiger partial charge is 0.444 e. The molecule has 0 aromatic heterocycles. The van der Waals surface area contributed by atoms with E-state index in [0.29, 0.717) is 32.1 Å². The highest BCUT2D eigenvalue weighted by Crippen LogP contribution is 2.31. The van der Waals surface area contributed by atoms with Gasteiger partial charge in [0.15, 0.2) is 0 Å². The molecule has 5 rings (SSSR count). The van der Waals surface area contributed by atoms with E-state index in [9.17, 15) is 38.7 Å². The van der Waals surface area contributed by atoms with Crippen molar-refractivity contribution in [1.82, 2.24) is 37.2 Å². The molecule has 6 atom stereocenters. The molecule has 7 amide bonds. The highest BCUT2D eigenvalue weighted by molar-refractivity contribution is 5.95. The zero-order valence-electron chi connectivity index (χ0n) is 37.0. The van der Waals surface area contributed by atoms with Gasteiger partial charge in [0.2, 0.25) is 35.4 Å². The first-order chi connectivity index (χ1) is 30.6. The molecule has 16 heteroatoms. The molecule has 64 heavy (non-hydrogen) atoms. The van der Waals surface area contributed by atoms with Crippen LogP contribution in [0.1, 0.15) is 100 Å². The first-order valence-corrected chi connectivity index (χ1v) is 22.2. The SMILES string of the molecule is CC(C)(C)OC(=O)N[C@H]1CCCCNC(=O)CCC(=O)NCCCC[C@@H](C(=O)N[C@H]2c3ccccc3C[C@H]2O)NC(=O)[C@H](Cc2ccccc2)NC(=O)[C@H](Cc2ccccc2)NC1=O. The van der Waals surface area contributed by atoms with Gasteiger partial charge in [0.25, 0.3) is 0 Å². The van der Waals surface area contributed by atoms with Crippen LogP contribution in [0, 0.1) is 0 Å². The maximum Gasteiger partial charge on any atom is 0.408 e. The number of aliphatic hydroxyl groups is 1. The molecule has 0 spiro atoms. The lowest BCUT2D eigenvalue weighted by molar-refractivity contribution is -0.134. The number of benzene rings is 3. The second-order valence-corrected chi connectivity index (χ2v) is 17.4. The van der Waals surface area contributed by atoms with E-state index in [1.807, 2.05) is 48.5 Å². The minimum Gasteiger partial charge on any atom is -0.444 e. The van der Waals surface area contributed by atoms with E-state index in [1.54, 1.807) is 57.2 Å². The van der Waals surface area contributed by atoms with Crippen LogP contribution in [-0.4, -0.2) is 95.6 Å². The van der Waals surface area contributed by atoms with Crippen molar-refractivity contribution in [2.24, 2.45) is 0 Å². The molecule has 3 aromatic rings. The summed E-state index contributed by atoms with van der Waals surface area (Å²) in [5.41, 5.74) is 2.26. The normalized spacial score (nSPS) is 23.7. The number of hydrogen-bond acceptors (Lipinski definition) is 9. The Hall–Kier alpha value is -6.29. The van der Waals surface area contributed by atoms with Crippen LogP contribution in [-0.2, 0) is 52.8 Å². The Morgan fingerprint density at radius 2 is 1.17 bits per heavy atom. The predicted octanol–water partition coefficient (Wildman–Crippen LogP) is 2.96. The first kappa shape index (κ1) is 48.7. The van der Waals surface area contributed by atoms with Crippen molar-refractivity contribution in [2.45, 2.75) is 133 Å². The quantitative estimate of drug-likeness (QED) is 0.174. The second-order valence-electron chi connectivity index (χ2n) is 17.4. The number of aliphatic hydroxyl groups excluding tert-OH is 1. The maximum atomic E-state index is 14.5. The van der Waals surface area contributed by atoms with Crippen molar-refractivity contribution in [1.29, 1.82) is 0 Å². The summed E-state index contributed by atoms with van der Waals surface area (Å²) in [5, 5.41) is 30.7. The van der Waals surface area contributed by atoms with E-state index in [0.717, 1.165) is 22.3 Å². The average Bonchev–Trinajstić information content (AvgIpc) is 3.57. The number of amides is 7. The van der Waals surface area contributed by atoms with Crippen molar-refractivity contribution < 1.29 is 43.4 Å². The third-order valence-corrected chi connectivity index (χ3v) is 11.0. The third kappa shape index (κ3) is 15.8. The van der Waals surface area contributed by atoms with Gasteiger partial charge in [0.1, 0.15) is 29.8 Å². The lowest BCUT2D eigenvalue weighted by Crippen LogP contribution is -2.59. The minimum atomic E-state index is -1.22. The van der Waals surface area contributed by atoms with E-state index in [4.69, 9.17) is 4.74 Å². The molecule has 3 aromatic carbocycles. The van der Waals surface area contributed by atoms with Crippen molar-refractivity contribution in [3.8, 4) is 0 Å². The fourth-order valence-corrected chi connectivity index (χ4v) is 7.73. The van der Waals surface area contributed by atoms with Gasteiger partial charge in [0, 0.05) is 45.2 Å². The summed E-state index contributed by atoms with van der Waals surface area (Å²) >= 11 is 0. The Labute approximate surface area is 374 Å². The van der Waals surface area contributed by atoms with Crippen LogP contribution in [0.2, 0.25) is 0 Å². The van der Waals surface area contributed by atoms with Gasteiger partial charge >= 0.3 is 6.09 Å². The van der Waals surface area contributed by atoms with Gasteiger partial charge in [-0.05, 0) is 81.5 Å². The predicted molar refractivity (Wildman–Crippen MR) is 239 cm³/mol. The van der Waals surface area contributed by atoms with Crippen LogP contribution in [0.15, 0.2) is 84.9 Å². The van der Waals surface area contributed by atoms with Gasteiger partial charge in [0.05, 0.1) is 12.1 Å². The number of hydrogen-bond donors (Lipinski definition) is 8. The van der Waals surface area contributed by atoms with Crippen molar-refractivity contribution in [3.05, 3.63) is 107 Å². The third-order valence-electron chi connectivity index (χ3n) is 11.0. The van der Waals surface area contributed by atoms with Gasteiger partial charge in [-0.15, -0.1) is 0 Å². The fraction of sp³-hybridized carbons (Fsp3) is 0.479. The lowest BCUT2D eigenvalue weighted by Gasteiger charge is -2.28. The molecule has 16 nitrogen and oxygen atoms in total. The van der Waals surface area contributed by atoms with Crippen molar-refractivity contribution in [2.75, 3.05) is 13.1 Å². The van der Waals surface area contributed by atoms with Crippen LogP contribution in [0.3, 0.4) is 0 Å². The molecule has 1 fully saturated rings. The first-order valence-electron chi connectivity index (χ1n) is 22.2. The molecule has 2 aliphatic rings. The summed E-state index contributed by atoms with van der Waals surface area (Å²) in [6.45, 7) is 5.62. The molecule has 8 N–H and O–H groups in total. The number of rotatable bonds is 7. The number of fused-ring (bicyclic) bond motifs is 1.